The first kappa shape index (κ1) is 12.5. The zero-order valence-corrected chi connectivity index (χ0v) is 9.29. The second-order valence-electron chi connectivity index (χ2n) is 3.70. The molecule has 0 spiro atoms. The number of rotatable bonds is 3. The Hall–Kier alpha value is -0.940. The van der Waals surface area contributed by atoms with E-state index in [4.69, 9.17) is 14.0 Å². The van der Waals surface area contributed by atoms with Crippen molar-refractivity contribution in [3.8, 4) is 0 Å². The number of alkyl carbamates (subject to hydrolysis) is 1. The standard InChI is InChI=1S/C7H11NO8S/c9-5-4(2-15-17(11,12)13)14-1-3-6(5)16-7(10)8-3/h3-6,9H,1-2H2,(H,8,10)(H,11,12,13)/t3?,4?,5-,6+/m0/s1. The molecule has 0 bridgehead atoms. The van der Waals surface area contributed by atoms with Gasteiger partial charge in [-0.25, -0.2) is 8.98 Å². The van der Waals surface area contributed by atoms with Gasteiger partial charge in [0, 0.05) is 0 Å². The fraction of sp³-hybridized carbons (Fsp3) is 0.857. The Morgan fingerprint density at radius 3 is 2.88 bits per heavy atom. The van der Waals surface area contributed by atoms with Crippen LogP contribution in [0.25, 0.3) is 0 Å². The predicted octanol–water partition coefficient (Wildman–Crippen LogP) is -1.96. The van der Waals surface area contributed by atoms with Crippen LogP contribution in [-0.4, -0.2) is 61.7 Å². The van der Waals surface area contributed by atoms with Crippen molar-refractivity contribution >= 4 is 16.5 Å². The molecule has 0 aromatic rings. The van der Waals surface area contributed by atoms with Crippen LogP contribution in [0.1, 0.15) is 0 Å². The Labute approximate surface area is 96.6 Å². The number of hydrogen-bond donors (Lipinski definition) is 3. The van der Waals surface area contributed by atoms with Crippen molar-refractivity contribution in [3.05, 3.63) is 0 Å². The minimum atomic E-state index is -4.59. The van der Waals surface area contributed by atoms with Gasteiger partial charge in [-0.1, -0.05) is 0 Å². The van der Waals surface area contributed by atoms with E-state index in [-0.39, 0.29) is 6.61 Å². The van der Waals surface area contributed by atoms with Crippen LogP contribution < -0.4 is 5.32 Å². The van der Waals surface area contributed by atoms with Crippen molar-refractivity contribution in [2.75, 3.05) is 13.2 Å². The van der Waals surface area contributed by atoms with E-state index in [1.807, 2.05) is 0 Å². The highest BCUT2D eigenvalue weighted by atomic mass is 32.3. The smallest absolute Gasteiger partial charge is 0.408 e. The molecule has 0 aliphatic carbocycles. The van der Waals surface area contributed by atoms with Crippen LogP contribution in [0.3, 0.4) is 0 Å². The Kier molecular flexibility index (Phi) is 3.23. The third-order valence-corrected chi connectivity index (χ3v) is 2.97. The summed E-state index contributed by atoms with van der Waals surface area (Å²) < 4.78 is 43.1. The molecule has 2 fully saturated rings. The summed E-state index contributed by atoms with van der Waals surface area (Å²) in [4.78, 5) is 10.9. The van der Waals surface area contributed by atoms with Gasteiger partial charge in [-0.3, -0.25) is 4.55 Å². The highest BCUT2D eigenvalue weighted by molar-refractivity contribution is 7.80. The molecule has 4 atom stereocenters. The molecule has 1 amide bonds. The number of hydrogen-bond acceptors (Lipinski definition) is 7. The normalized spacial score (nSPS) is 37.2. The summed E-state index contributed by atoms with van der Waals surface area (Å²) in [6, 6.07) is -0.473. The first-order valence-corrected chi connectivity index (χ1v) is 6.12. The lowest BCUT2D eigenvalue weighted by molar-refractivity contribution is -0.141. The van der Waals surface area contributed by atoms with Gasteiger partial charge in [-0.2, -0.15) is 8.42 Å². The summed E-state index contributed by atoms with van der Waals surface area (Å²) in [6.45, 7) is -0.492. The third-order valence-electron chi connectivity index (χ3n) is 2.53. The molecule has 98 valence electrons. The zero-order chi connectivity index (χ0) is 12.6. The van der Waals surface area contributed by atoms with Crippen LogP contribution in [0.2, 0.25) is 0 Å². The number of aliphatic hydroxyl groups is 1. The molecule has 2 aliphatic heterocycles. The summed E-state index contributed by atoms with van der Waals surface area (Å²) in [5.74, 6) is 0. The van der Waals surface area contributed by atoms with Crippen LogP contribution in [0.5, 0.6) is 0 Å². The maximum atomic E-state index is 10.9. The van der Waals surface area contributed by atoms with Crippen LogP contribution in [0, 0.1) is 0 Å². The van der Waals surface area contributed by atoms with Crippen molar-refractivity contribution in [3.63, 3.8) is 0 Å². The number of carbonyl (C=O) groups excluding carboxylic acids is 1. The van der Waals surface area contributed by atoms with E-state index in [1.54, 1.807) is 0 Å². The van der Waals surface area contributed by atoms with E-state index >= 15 is 0 Å². The fourth-order valence-corrected chi connectivity index (χ4v) is 2.06. The largest absolute Gasteiger partial charge is 0.441 e. The second-order valence-corrected chi connectivity index (χ2v) is 4.79. The molecule has 0 aromatic carbocycles. The molecule has 2 heterocycles. The predicted molar refractivity (Wildman–Crippen MR) is 50.4 cm³/mol. The van der Waals surface area contributed by atoms with Gasteiger partial charge in [0.1, 0.15) is 12.2 Å². The summed E-state index contributed by atoms with van der Waals surface area (Å²) in [6.07, 6.45) is -3.70. The SMILES string of the molecule is O=C1NC2COC(COS(=O)(=O)O)[C@H](O)[C@@H]2O1. The van der Waals surface area contributed by atoms with Gasteiger partial charge in [0.05, 0.1) is 19.3 Å². The quantitative estimate of drug-likeness (QED) is 0.503. The van der Waals surface area contributed by atoms with E-state index in [0.717, 1.165) is 0 Å². The molecule has 0 radical (unpaired) electrons. The maximum Gasteiger partial charge on any atom is 0.408 e. The van der Waals surface area contributed by atoms with Crippen molar-refractivity contribution < 1.29 is 36.5 Å². The lowest BCUT2D eigenvalue weighted by Crippen LogP contribution is -2.55. The monoisotopic (exact) mass is 269 g/mol. The van der Waals surface area contributed by atoms with Crippen LogP contribution in [0.15, 0.2) is 0 Å². The molecule has 2 aliphatic rings. The summed E-state index contributed by atoms with van der Waals surface area (Å²) >= 11 is 0. The van der Waals surface area contributed by atoms with Gasteiger partial charge in [-0.15, -0.1) is 0 Å². The topological polar surface area (TPSA) is 131 Å². The minimum absolute atomic E-state index is 0.0625. The number of amides is 1. The molecule has 0 saturated carbocycles. The van der Waals surface area contributed by atoms with Gasteiger partial charge < -0.3 is 19.9 Å². The van der Waals surface area contributed by atoms with E-state index in [9.17, 15) is 18.3 Å². The molecule has 2 saturated heterocycles. The molecule has 2 unspecified atom stereocenters. The zero-order valence-electron chi connectivity index (χ0n) is 8.48. The molecule has 17 heavy (non-hydrogen) atoms. The number of ether oxygens (including phenoxy) is 2. The summed E-state index contributed by atoms with van der Waals surface area (Å²) in [5, 5.41) is 12.2. The van der Waals surface area contributed by atoms with Gasteiger partial charge in [0.25, 0.3) is 0 Å². The van der Waals surface area contributed by atoms with Crippen LogP contribution in [0.4, 0.5) is 4.79 Å². The average Bonchev–Trinajstić information content (AvgIpc) is 2.57. The van der Waals surface area contributed by atoms with Gasteiger partial charge in [-0.05, 0) is 0 Å². The molecule has 9 nitrogen and oxygen atoms in total. The lowest BCUT2D eigenvalue weighted by Gasteiger charge is -2.33. The Balaban J connectivity index is 1.96. The molecule has 10 heteroatoms. The highest BCUT2D eigenvalue weighted by Crippen LogP contribution is 2.23. The van der Waals surface area contributed by atoms with Crippen molar-refractivity contribution in [2.24, 2.45) is 0 Å². The highest BCUT2D eigenvalue weighted by Gasteiger charge is 2.47. The Bertz CT molecular complexity index is 408. The molecule has 2 rings (SSSR count). The number of nitrogens with one attached hydrogen (secondary N) is 1. The van der Waals surface area contributed by atoms with E-state index < -0.39 is 47.5 Å². The van der Waals surface area contributed by atoms with Crippen LogP contribution >= 0.6 is 0 Å². The first-order valence-electron chi connectivity index (χ1n) is 4.75. The average molecular weight is 269 g/mol. The van der Waals surface area contributed by atoms with Crippen molar-refractivity contribution in [1.82, 2.24) is 5.32 Å². The maximum absolute atomic E-state index is 10.9. The summed E-state index contributed by atoms with van der Waals surface area (Å²) in [7, 11) is -4.59. The van der Waals surface area contributed by atoms with Crippen molar-refractivity contribution in [2.45, 2.75) is 24.4 Å². The minimum Gasteiger partial charge on any atom is -0.441 e. The van der Waals surface area contributed by atoms with Gasteiger partial charge in [0.15, 0.2) is 6.10 Å². The summed E-state index contributed by atoms with van der Waals surface area (Å²) in [5.41, 5.74) is 0. The van der Waals surface area contributed by atoms with E-state index in [0.29, 0.717) is 0 Å². The number of aliphatic hydroxyl groups excluding tert-OH is 1. The van der Waals surface area contributed by atoms with Gasteiger partial charge in [0.2, 0.25) is 0 Å². The van der Waals surface area contributed by atoms with Crippen molar-refractivity contribution in [1.29, 1.82) is 0 Å². The first-order chi connectivity index (χ1) is 7.87. The second kappa shape index (κ2) is 4.38. The molecular formula is C7H11NO8S. The third kappa shape index (κ3) is 2.84. The Morgan fingerprint density at radius 2 is 2.24 bits per heavy atom. The molecule has 0 aromatic heterocycles. The Morgan fingerprint density at radius 1 is 1.53 bits per heavy atom. The van der Waals surface area contributed by atoms with Gasteiger partial charge >= 0.3 is 16.5 Å². The fourth-order valence-electron chi connectivity index (χ4n) is 1.75. The lowest BCUT2D eigenvalue weighted by atomic mass is 9.99. The number of fused-ring (bicyclic) bond motifs is 1. The van der Waals surface area contributed by atoms with E-state index in [1.165, 1.54) is 0 Å². The molecule has 3 N–H and O–H groups in total. The molecular weight excluding hydrogens is 258 g/mol. The number of carbonyl (C=O) groups is 1. The van der Waals surface area contributed by atoms with Crippen LogP contribution in [-0.2, 0) is 24.1 Å². The van der Waals surface area contributed by atoms with E-state index in [2.05, 4.69) is 9.50 Å².